The number of hydrogen-bond donors (Lipinski definition) is 0. The Morgan fingerprint density at radius 1 is 1.54 bits per heavy atom. The smallest absolute Gasteiger partial charge is 0.302 e. The lowest BCUT2D eigenvalue weighted by molar-refractivity contribution is -0.140. The first kappa shape index (κ1) is 13.2. The fourth-order valence-electron chi connectivity index (χ4n) is 0.695. The molecule has 3 nitrogen and oxygen atoms in total. The Morgan fingerprint density at radius 2 is 2.23 bits per heavy atom. The van der Waals surface area contributed by atoms with Crippen LogP contribution in [0.5, 0.6) is 0 Å². The first-order valence-electron chi connectivity index (χ1n) is 4.12. The molecule has 0 aliphatic carbocycles. The number of hydrogen-bond acceptors (Lipinski definition) is 3. The zero-order valence-corrected chi connectivity index (χ0v) is 10.5. The van der Waals surface area contributed by atoms with E-state index in [4.69, 9.17) is 32.4 Å². The van der Waals surface area contributed by atoms with Gasteiger partial charge in [-0.15, -0.1) is 23.2 Å². The molecular weight excluding hydrogens is 231 g/mol. The molecule has 0 fully saturated rings. The summed E-state index contributed by atoms with van der Waals surface area (Å²) in [5.74, 6) is -0.232. The zero-order valence-electron chi connectivity index (χ0n) is 7.59. The lowest BCUT2D eigenvalue weighted by atomic mass is 10.5. The molecule has 0 bridgehead atoms. The fraction of sp³-hybridized carbons (Fsp3) is 0.857. The Labute approximate surface area is 90.6 Å². The number of halogens is 2. The van der Waals surface area contributed by atoms with Crippen LogP contribution in [0.1, 0.15) is 13.3 Å². The van der Waals surface area contributed by atoms with Gasteiger partial charge in [0.25, 0.3) is 0 Å². The number of ether oxygens (including phenoxy) is 1. The molecule has 0 heterocycles. The van der Waals surface area contributed by atoms with E-state index in [1.165, 1.54) is 6.92 Å². The van der Waals surface area contributed by atoms with Crippen LogP contribution in [-0.2, 0) is 14.0 Å². The maximum Gasteiger partial charge on any atom is 0.302 e. The van der Waals surface area contributed by atoms with Gasteiger partial charge in [-0.3, -0.25) is 4.79 Å². The minimum atomic E-state index is -0.537. The van der Waals surface area contributed by atoms with Crippen LogP contribution >= 0.6 is 23.2 Å². The number of rotatable bonds is 7. The van der Waals surface area contributed by atoms with Crippen molar-refractivity contribution in [2.45, 2.75) is 24.2 Å². The van der Waals surface area contributed by atoms with E-state index in [0.29, 0.717) is 13.2 Å². The Bertz CT molecular complexity index is 144. The van der Waals surface area contributed by atoms with E-state index in [1.54, 1.807) is 0 Å². The molecule has 13 heavy (non-hydrogen) atoms. The van der Waals surface area contributed by atoms with Crippen molar-refractivity contribution < 1.29 is 14.0 Å². The third kappa shape index (κ3) is 12.2. The van der Waals surface area contributed by atoms with Gasteiger partial charge in [-0.05, 0) is 12.5 Å². The minimum Gasteiger partial charge on any atom is -0.466 e. The number of esters is 1. The molecule has 0 saturated heterocycles. The summed E-state index contributed by atoms with van der Waals surface area (Å²) in [4.78, 5) is 9.92. The largest absolute Gasteiger partial charge is 0.466 e. The highest BCUT2D eigenvalue weighted by Crippen LogP contribution is 2.01. The van der Waals surface area contributed by atoms with Crippen LogP contribution in [0, 0.1) is 0 Å². The zero-order chi connectivity index (χ0) is 10.1. The average molecular weight is 245 g/mol. The summed E-state index contributed by atoms with van der Waals surface area (Å²) in [7, 11) is -0.537. The van der Waals surface area contributed by atoms with Crippen molar-refractivity contribution in [3.8, 4) is 0 Å². The SMILES string of the molecule is CC(=O)OCCC[SiH2]OCC(Cl)Cl. The van der Waals surface area contributed by atoms with E-state index in [1.807, 2.05) is 0 Å². The summed E-state index contributed by atoms with van der Waals surface area (Å²) in [6.45, 7) is 2.29. The molecule has 0 amide bonds. The van der Waals surface area contributed by atoms with Crippen molar-refractivity contribution in [1.82, 2.24) is 0 Å². The molecule has 0 unspecified atom stereocenters. The third-order valence-corrected chi connectivity index (χ3v) is 2.80. The van der Waals surface area contributed by atoms with E-state index >= 15 is 0 Å². The van der Waals surface area contributed by atoms with Gasteiger partial charge in [0.1, 0.15) is 4.84 Å². The lowest BCUT2D eigenvalue weighted by Gasteiger charge is -2.04. The quantitative estimate of drug-likeness (QED) is 0.293. The predicted molar refractivity (Wildman–Crippen MR) is 56.0 cm³/mol. The lowest BCUT2D eigenvalue weighted by Crippen LogP contribution is -2.07. The van der Waals surface area contributed by atoms with Crippen molar-refractivity contribution in [1.29, 1.82) is 0 Å². The van der Waals surface area contributed by atoms with Crippen molar-refractivity contribution in [2.75, 3.05) is 13.2 Å². The summed E-state index contributed by atoms with van der Waals surface area (Å²) in [6.07, 6.45) is 0.862. The number of alkyl halides is 2. The second-order valence-electron chi connectivity index (χ2n) is 2.51. The number of carbonyl (C=O) groups is 1. The molecule has 0 N–H and O–H groups in total. The van der Waals surface area contributed by atoms with E-state index in [0.717, 1.165) is 12.5 Å². The van der Waals surface area contributed by atoms with E-state index < -0.39 is 14.6 Å². The van der Waals surface area contributed by atoms with Crippen LogP contribution in [0.4, 0.5) is 0 Å². The molecule has 6 heteroatoms. The summed E-state index contributed by atoms with van der Waals surface area (Å²) >= 11 is 10.9. The van der Waals surface area contributed by atoms with Gasteiger partial charge in [-0.2, -0.15) is 0 Å². The Balaban J connectivity index is 2.96. The second kappa shape index (κ2) is 8.81. The highest BCUT2D eigenvalue weighted by Gasteiger charge is 1.98. The fourth-order valence-corrected chi connectivity index (χ4v) is 2.19. The van der Waals surface area contributed by atoms with Crippen molar-refractivity contribution >= 4 is 38.9 Å². The van der Waals surface area contributed by atoms with Gasteiger partial charge in [0.15, 0.2) is 9.76 Å². The standard InChI is InChI=1S/C7H14Cl2O3Si/c1-6(10)11-3-2-4-13-12-5-7(8)9/h7H,2-5,13H2,1H3. The molecular formula is C7H14Cl2O3Si. The molecule has 0 aromatic carbocycles. The molecule has 0 aromatic heterocycles. The maximum atomic E-state index is 10.3. The first-order chi connectivity index (χ1) is 6.13. The van der Waals surface area contributed by atoms with Crippen LogP contribution in [0.25, 0.3) is 0 Å². The number of carbonyl (C=O) groups excluding carboxylic acids is 1. The van der Waals surface area contributed by atoms with Gasteiger partial charge in [0.05, 0.1) is 13.2 Å². The van der Waals surface area contributed by atoms with Gasteiger partial charge in [0, 0.05) is 6.92 Å². The average Bonchev–Trinajstić information content (AvgIpc) is 2.01. The van der Waals surface area contributed by atoms with Gasteiger partial charge >= 0.3 is 5.97 Å². The van der Waals surface area contributed by atoms with Gasteiger partial charge in [-0.25, -0.2) is 0 Å². The molecule has 0 atom stereocenters. The Kier molecular flexibility index (Phi) is 8.96. The van der Waals surface area contributed by atoms with E-state index in [-0.39, 0.29) is 5.97 Å². The molecule has 0 saturated carbocycles. The van der Waals surface area contributed by atoms with Crippen LogP contribution in [-0.4, -0.2) is 33.8 Å². The molecule has 0 radical (unpaired) electrons. The monoisotopic (exact) mass is 244 g/mol. The summed E-state index contributed by atoms with van der Waals surface area (Å²) in [6, 6.07) is 0.980. The van der Waals surface area contributed by atoms with E-state index in [9.17, 15) is 4.79 Å². The maximum absolute atomic E-state index is 10.3. The van der Waals surface area contributed by atoms with Crippen molar-refractivity contribution in [3.63, 3.8) is 0 Å². The van der Waals surface area contributed by atoms with Crippen molar-refractivity contribution in [3.05, 3.63) is 0 Å². The first-order valence-corrected chi connectivity index (χ1v) is 6.57. The molecule has 0 aliphatic rings. The molecule has 0 rings (SSSR count). The second-order valence-corrected chi connectivity index (χ2v) is 5.31. The summed E-state index contributed by atoms with van der Waals surface area (Å²) in [5, 5.41) is 0. The molecule has 78 valence electrons. The highest BCUT2D eigenvalue weighted by molar-refractivity contribution is 6.44. The molecule has 0 aliphatic heterocycles. The highest BCUT2D eigenvalue weighted by atomic mass is 35.5. The summed E-state index contributed by atoms with van der Waals surface area (Å²) in [5.41, 5.74) is 0. The topological polar surface area (TPSA) is 35.5 Å². The third-order valence-electron chi connectivity index (χ3n) is 1.23. The van der Waals surface area contributed by atoms with Crippen LogP contribution in [0.3, 0.4) is 0 Å². The normalized spacial score (nSPS) is 11.4. The minimum absolute atomic E-state index is 0.232. The Morgan fingerprint density at radius 3 is 2.77 bits per heavy atom. The van der Waals surface area contributed by atoms with Gasteiger partial charge in [-0.1, -0.05) is 0 Å². The predicted octanol–water partition coefficient (Wildman–Crippen LogP) is 1.26. The van der Waals surface area contributed by atoms with Crippen LogP contribution < -0.4 is 0 Å². The van der Waals surface area contributed by atoms with Crippen LogP contribution in [0.2, 0.25) is 6.04 Å². The molecule has 0 aromatic rings. The Hall–Kier alpha value is 0.227. The summed E-state index contributed by atoms with van der Waals surface area (Å²) < 4.78 is 9.98. The van der Waals surface area contributed by atoms with Crippen LogP contribution in [0.15, 0.2) is 0 Å². The van der Waals surface area contributed by atoms with Gasteiger partial charge in [0.2, 0.25) is 0 Å². The molecule has 0 spiro atoms. The van der Waals surface area contributed by atoms with Crippen molar-refractivity contribution in [2.24, 2.45) is 0 Å². The van der Waals surface area contributed by atoms with E-state index in [2.05, 4.69) is 0 Å². The van der Waals surface area contributed by atoms with Gasteiger partial charge < -0.3 is 9.16 Å².